The van der Waals surface area contributed by atoms with Gasteiger partial charge in [-0.05, 0) is 26.1 Å². The van der Waals surface area contributed by atoms with Gasteiger partial charge in [0.25, 0.3) is 0 Å². The molecule has 0 spiro atoms. The summed E-state index contributed by atoms with van der Waals surface area (Å²) in [5, 5.41) is 20.9. The summed E-state index contributed by atoms with van der Waals surface area (Å²) in [7, 11) is 0. The molecule has 0 atom stereocenters. The molecule has 94 valence electrons. The molecule has 0 saturated carbocycles. The van der Waals surface area contributed by atoms with Gasteiger partial charge in [-0.3, -0.25) is 0 Å². The van der Waals surface area contributed by atoms with Crippen molar-refractivity contribution in [2.45, 2.75) is 25.8 Å². The first kappa shape index (κ1) is 15.4. The average Bonchev–Trinajstić information content (AvgIpc) is 2.26. The van der Waals surface area contributed by atoms with Crippen LogP contribution in [0.3, 0.4) is 0 Å². The van der Waals surface area contributed by atoms with Gasteiger partial charge in [0.05, 0.1) is 12.5 Å². The topological polar surface area (TPSA) is 76.4 Å². The Morgan fingerprint density at radius 1 is 1.71 bits per heavy atom. The average molecular weight is 255 g/mol. The molecule has 6 heteroatoms. The first-order valence-electron chi connectivity index (χ1n) is 5.14. The van der Waals surface area contributed by atoms with Crippen LogP contribution >= 0.6 is 12.2 Å². The molecule has 0 unspecified atom stereocenters. The molecule has 0 radical (unpaired) electrons. The van der Waals surface area contributed by atoms with Crippen molar-refractivity contribution in [2.75, 3.05) is 13.1 Å². The van der Waals surface area contributed by atoms with Crippen LogP contribution in [0.2, 0.25) is 0 Å². The Labute approximate surface area is 107 Å². The van der Waals surface area contributed by atoms with Gasteiger partial charge in [0, 0.05) is 13.1 Å². The van der Waals surface area contributed by atoms with Crippen molar-refractivity contribution in [1.82, 2.24) is 10.2 Å². The lowest BCUT2D eigenvalue weighted by molar-refractivity contribution is -0.146. The highest BCUT2D eigenvalue weighted by Gasteiger charge is 2.35. The maximum Gasteiger partial charge on any atom is 0.329 e. The minimum Gasteiger partial charge on any atom is -0.480 e. The molecule has 0 aliphatic rings. The molecule has 0 aliphatic carbocycles. The monoisotopic (exact) mass is 255 g/mol. The number of carboxylic acid groups (broad SMARTS) is 1. The zero-order valence-electron chi connectivity index (χ0n) is 10.1. The Hall–Kier alpha value is -1.61. The van der Waals surface area contributed by atoms with Crippen LogP contribution < -0.4 is 5.32 Å². The molecule has 0 aromatic heterocycles. The number of hydrogen-bond donors (Lipinski definition) is 2. The van der Waals surface area contributed by atoms with E-state index in [9.17, 15) is 4.79 Å². The number of carbonyl (C=O) groups is 1. The number of nitrogens with one attached hydrogen (secondary N) is 1. The van der Waals surface area contributed by atoms with Crippen LogP contribution in [0.1, 0.15) is 20.3 Å². The molecule has 2 N–H and O–H groups in total. The molecular formula is C11H17N3O2S. The normalized spacial score (nSPS) is 10.2. The van der Waals surface area contributed by atoms with E-state index in [1.54, 1.807) is 19.9 Å². The summed E-state index contributed by atoms with van der Waals surface area (Å²) in [6.07, 6.45) is 1.84. The summed E-state index contributed by atoms with van der Waals surface area (Å²) >= 11 is 5.12. The van der Waals surface area contributed by atoms with Gasteiger partial charge in [0.1, 0.15) is 5.54 Å². The van der Waals surface area contributed by atoms with Crippen molar-refractivity contribution >= 4 is 23.3 Å². The van der Waals surface area contributed by atoms with Crippen LogP contribution in [-0.2, 0) is 4.79 Å². The highest BCUT2D eigenvalue weighted by molar-refractivity contribution is 7.80. The van der Waals surface area contributed by atoms with E-state index in [0.29, 0.717) is 11.7 Å². The number of nitriles is 1. The second-order valence-corrected chi connectivity index (χ2v) is 4.29. The molecule has 0 aliphatic heterocycles. The van der Waals surface area contributed by atoms with E-state index in [4.69, 9.17) is 22.6 Å². The van der Waals surface area contributed by atoms with Crippen LogP contribution in [-0.4, -0.2) is 39.7 Å². The lowest BCUT2D eigenvalue weighted by Gasteiger charge is -2.36. The van der Waals surface area contributed by atoms with E-state index in [1.165, 1.54) is 4.90 Å². The van der Waals surface area contributed by atoms with Gasteiger partial charge in [-0.2, -0.15) is 5.26 Å². The van der Waals surface area contributed by atoms with Gasteiger partial charge >= 0.3 is 5.97 Å². The first-order chi connectivity index (χ1) is 7.87. The van der Waals surface area contributed by atoms with Crippen LogP contribution in [0.25, 0.3) is 0 Å². The molecule has 0 aromatic rings. The Morgan fingerprint density at radius 2 is 2.29 bits per heavy atom. The fourth-order valence-corrected chi connectivity index (χ4v) is 1.57. The molecule has 5 nitrogen and oxygen atoms in total. The second kappa shape index (κ2) is 6.86. The maximum atomic E-state index is 11.2. The standard InChI is InChI=1S/C11H17N3O2S/c1-4-7-13-10(17)14(8-5-6-12)11(2,3)9(15)16/h4H,1,5,7-8H2,2-3H3,(H,13,17)(H,15,16). The van der Waals surface area contributed by atoms with E-state index in [1.807, 2.05) is 6.07 Å². The smallest absolute Gasteiger partial charge is 0.329 e. The molecular weight excluding hydrogens is 238 g/mol. The Bertz CT molecular complexity index is 347. The van der Waals surface area contributed by atoms with E-state index in [0.717, 1.165) is 0 Å². The highest BCUT2D eigenvalue weighted by atomic mass is 32.1. The Morgan fingerprint density at radius 3 is 2.71 bits per heavy atom. The van der Waals surface area contributed by atoms with Crippen LogP contribution in [0.15, 0.2) is 12.7 Å². The molecule has 17 heavy (non-hydrogen) atoms. The van der Waals surface area contributed by atoms with Crippen molar-refractivity contribution in [3.8, 4) is 6.07 Å². The van der Waals surface area contributed by atoms with E-state index < -0.39 is 11.5 Å². The van der Waals surface area contributed by atoms with E-state index >= 15 is 0 Å². The van der Waals surface area contributed by atoms with Gasteiger partial charge < -0.3 is 15.3 Å². The van der Waals surface area contributed by atoms with E-state index in [2.05, 4.69) is 11.9 Å². The molecule has 0 bridgehead atoms. The number of rotatable bonds is 6. The predicted octanol–water partition coefficient (Wildman–Crippen LogP) is 1.13. The van der Waals surface area contributed by atoms with Gasteiger partial charge in [-0.1, -0.05) is 6.08 Å². The van der Waals surface area contributed by atoms with Crippen molar-refractivity contribution in [1.29, 1.82) is 5.26 Å². The molecule has 0 fully saturated rings. The van der Waals surface area contributed by atoms with Gasteiger partial charge in [-0.25, -0.2) is 4.79 Å². The molecule has 0 aromatic carbocycles. The van der Waals surface area contributed by atoms with Crippen LogP contribution in [0.4, 0.5) is 0 Å². The third kappa shape index (κ3) is 4.41. The summed E-state index contributed by atoms with van der Waals surface area (Å²) in [5.74, 6) is -0.988. The lowest BCUT2D eigenvalue weighted by atomic mass is 10.0. The van der Waals surface area contributed by atoms with Gasteiger partial charge in [-0.15, -0.1) is 6.58 Å². The maximum absolute atomic E-state index is 11.2. The highest BCUT2D eigenvalue weighted by Crippen LogP contribution is 2.15. The number of aliphatic carboxylic acids is 1. The molecule has 0 rings (SSSR count). The summed E-state index contributed by atoms with van der Waals surface area (Å²) in [4.78, 5) is 12.7. The zero-order chi connectivity index (χ0) is 13.5. The number of nitrogens with zero attached hydrogens (tertiary/aromatic N) is 2. The summed E-state index contributed by atoms with van der Waals surface area (Å²) < 4.78 is 0. The third-order valence-corrected chi connectivity index (χ3v) is 2.65. The quantitative estimate of drug-likeness (QED) is 0.547. The fraction of sp³-hybridized carbons (Fsp3) is 0.545. The van der Waals surface area contributed by atoms with Crippen molar-refractivity contribution in [2.24, 2.45) is 0 Å². The molecule has 0 saturated heterocycles. The minimum absolute atomic E-state index is 0.215. The van der Waals surface area contributed by atoms with Crippen LogP contribution in [0.5, 0.6) is 0 Å². The largest absolute Gasteiger partial charge is 0.480 e. The lowest BCUT2D eigenvalue weighted by Crippen LogP contribution is -2.56. The van der Waals surface area contributed by atoms with Crippen LogP contribution in [0, 0.1) is 11.3 Å². The third-order valence-electron chi connectivity index (χ3n) is 2.29. The van der Waals surface area contributed by atoms with Crippen molar-refractivity contribution < 1.29 is 9.90 Å². The van der Waals surface area contributed by atoms with Gasteiger partial charge in [0.2, 0.25) is 0 Å². The number of carboxylic acids is 1. The number of hydrogen-bond acceptors (Lipinski definition) is 3. The SMILES string of the molecule is C=CCNC(=S)N(CCC#N)C(C)(C)C(=O)O. The first-order valence-corrected chi connectivity index (χ1v) is 5.55. The van der Waals surface area contributed by atoms with Gasteiger partial charge in [0.15, 0.2) is 5.11 Å². The summed E-state index contributed by atoms with van der Waals surface area (Å²) in [6.45, 7) is 7.38. The summed E-state index contributed by atoms with van der Waals surface area (Å²) in [6, 6.07) is 1.98. The predicted molar refractivity (Wildman–Crippen MR) is 69.4 cm³/mol. The molecule has 0 heterocycles. The minimum atomic E-state index is -1.15. The number of thiocarbonyl (C=S) groups is 1. The Balaban J connectivity index is 4.87. The summed E-state index contributed by atoms with van der Waals surface area (Å²) in [5.41, 5.74) is -1.15. The van der Waals surface area contributed by atoms with Crippen molar-refractivity contribution in [3.05, 3.63) is 12.7 Å². The Kier molecular flexibility index (Phi) is 6.21. The fourth-order valence-electron chi connectivity index (χ4n) is 1.17. The van der Waals surface area contributed by atoms with E-state index in [-0.39, 0.29) is 13.0 Å². The molecule has 0 amide bonds. The second-order valence-electron chi connectivity index (χ2n) is 3.90. The zero-order valence-corrected chi connectivity index (χ0v) is 10.9. The van der Waals surface area contributed by atoms with Crippen molar-refractivity contribution in [3.63, 3.8) is 0 Å².